The summed E-state index contributed by atoms with van der Waals surface area (Å²) in [7, 11) is 0. The molecule has 17 heavy (non-hydrogen) atoms. The summed E-state index contributed by atoms with van der Waals surface area (Å²) >= 11 is 0. The highest BCUT2D eigenvalue weighted by atomic mass is 16.5. The van der Waals surface area contributed by atoms with E-state index in [2.05, 4.69) is 44.8 Å². The van der Waals surface area contributed by atoms with Gasteiger partial charge in [-0.2, -0.15) is 0 Å². The van der Waals surface area contributed by atoms with Gasteiger partial charge in [-0.05, 0) is 60.5 Å². The zero-order valence-corrected chi connectivity index (χ0v) is 12.3. The van der Waals surface area contributed by atoms with E-state index in [9.17, 15) is 0 Å². The van der Waals surface area contributed by atoms with Crippen LogP contribution in [-0.4, -0.2) is 48.8 Å². The van der Waals surface area contributed by atoms with Crippen LogP contribution in [0.4, 0.5) is 0 Å². The molecule has 102 valence electrons. The van der Waals surface area contributed by atoms with Crippen molar-refractivity contribution in [2.24, 2.45) is 0 Å². The highest BCUT2D eigenvalue weighted by Gasteiger charge is 2.21. The van der Waals surface area contributed by atoms with Gasteiger partial charge in [-0.3, -0.25) is 4.90 Å². The quantitative estimate of drug-likeness (QED) is 0.749. The van der Waals surface area contributed by atoms with Gasteiger partial charge in [0.1, 0.15) is 0 Å². The Bertz CT molecular complexity index is 203. The Labute approximate surface area is 107 Å². The molecule has 0 radical (unpaired) electrons. The molecule has 1 aliphatic rings. The summed E-state index contributed by atoms with van der Waals surface area (Å²) in [6, 6.07) is 0. The van der Waals surface area contributed by atoms with Crippen molar-refractivity contribution in [3.63, 3.8) is 0 Å². The summed E-state index contributed by atoms with van der Waals surface area (Å²) in [5.74, 6) is 0. The van der Waals surface area contributed by atoms with Gasteiger partial charge in [0.15, 0.2) is 0 Å². The lowest BCUT2D eigenvalue weighted by Crippen LogP contribution is -2.45. The Hall–Kier alpha value is -0.120. The standard InChI is InChI=1S/C14H30N2O/c1-12-10-16(11-13(2)17-12)9-7-6-8-15-14(3,4)5/h12-13,15H,6-11H2,1-5H3/t12-,13+. The molecule has 1 fully saturated rings. The molecule has 3 heteroatoms. The molecule has 0 unspecified atom stereocenters. The maximum Gasteiger partial charge on any atom is 0.0678 e. The summed E-state index contributed by atoms with van der Waals surface area (Å²) < 4.78 is 5.73. The van der Waals surface area contributed by atoms with Crippen LogP contribution >= 0.6 is 0 Å². The highest BCUT2D eigenvalue weighted by Crippen LogP contribution is 2.11. The third kappa shape index (κ3) is 7.02. The van der Waals surface area contributed by atoms with Gasteiger partial charge in [-0.25, -0.2) is 0 Å². The summed E-state index contributed by atoms with van der Waals surface area (Å²) in [5, 5.41) is 3.53. The first kappa shape index (κ1) is 14.9. The molecule has 1 heterocycles. The Balaban J connectivity index is 2.06. The second-order valence-electron chi connectivity index (χ2n) is 6.40. The van der Waals surface area contributed by atoms with Crippen molar-refractivity contribution in [3.05, 3.63) is 0 Å². The van der Waals surface area contributed by atoms with Gasteiger partial charge in [-0.1, -0.05) is 0 Å². The second-order valence-corrected chi connectivity index (χ2v) is 6.40. The Morgan fingerprint density at radius 2 is 1.71 bits per heavy atom. The van der Waals surface area contributed by atoms with E-state index in [1.54, 1.807) is 0 Å². The van der Waals surface area contributed by atoms with Gasteiger partial charge in [0.25, 0.3) is 0 Å². The van der Waals surface area contributed by atoms with Gasteiger partial charge in [0.05, 0.1) is 12.2 Å². The van der Waals surface area contributed by atoms with Crippen molar-refractivity contribution >= 4 is 0 Å². The second kappa shape index (κ2) is 6.72. The minimum absolute atomic E-state index is 0.252. The van der Waals surface area contributed by atoms with Crippen LogP contribution in [0, 0.1) is 0 Å². The lowest BCUT2D eigenvalue weighted by molar-refractivity contribution is -0.0681. The largest absolute Gasteiger partial charge is 0.373 e. The molecule has 0 aromatic rings. The third-order valence-corrected chi connectivity index (χ3v) is 3.05. The molecule has 1 N–H and O–H groups in total. The molecule has 0 aliphatic carbocycles. The molecule has 0 aromatic carbocycles. The van der Waals surface area contributed by atoms with E-state index >= 15 is 0 Å². The summed E-state index contributed by atoms with van der Waals surface area (Å²) in [5.41, 5.74) is 0.252. The topological polar surface area (TPSA) is 24.5 Å². The number of hydrogen-bond donors (Lipinski definition) is 1. The number of ether oxygens (including phenoxy) is 1. The number of unbranched alkanes of at least 4 members (excludes halogenated alkanes) is 1. The third-order valence-electron chi connectivity index (χ3n) is 3.05. The van der Waals surface area contributed by atoms with Crippen molar-refractivity contribution in [2.75, 3.05) is 26.2 Å². The molecule has 0 aromatic heterocycles. The van der Waals surface area contributed by atoms with Crippen LogP contribution in [0.3, 0.4) is 0 Å². The number of morpholine rings is 1. The van der Waals surface area contributed by atoms with Crippen molar-refractivity contribution < 1.29 is 4.74 Å². The predicted molar refractivity (Wildman–Crippen MR) is 73.4 cm³/mol. The zero-order valence-electron chi connectivity index (χ0n) is 12.3. The molecular formula is C14H30N2O. The summed E-state index contributed by atoms with van der Waals surface area (Å²) in [6.45, 7) is 15.5. The zero-order chi connectivity index (χ0) is 12.9. The monoisotopic (exact) mass is 242 g/mol. The van der Waals surface area contributed by atoms with E-state index in [0.29, 0.717) is 12.2 Å². The first-order valence-corrected chi connectivity index (χ1v) is 6.99. The summed E-state index contributed by atoms with van der Waals surface area (Å²) in [6.07, 6.45) is 3.33. The predicted octanol–water partition coefficient (Wildman–Crippen LogP) is 2.26. The first-order chi connectivity index (χ1) is 7.87. The average molecular weight is 242 g/mol. The number of nitrogens with zero attached hydrogens (tertiary/aromatic N) is 1. The Morgan fingerprint density at radius 3 is 2.24 bits per heavy atom. The van der Waals surface area contributed by atoms with Gasteiger partial charge in [0.2, 0.25) is 0 Å². The number of hydrogen-bond acceptors (Lipinski definition) is 3. The van der Waals surface area contributed by atoms with E-state index in [1.807, 2.05) is 0 Å². The maximum atomic E-state index is 5.73. The van der Waals surface area contributed by atoms with Crippen LogP contribution in [-0.2, 0) is 4.74 Å². The van der Waals surface area contributed by atoms with E-state index in [4.69, 9.17) is 4.74 Å². The Kier molecular flexibility index (Phi) is 5.90. The molecule has 0 spiro atoms. The SMILES string of the molecule is C[C@@H]1CN(CCCCNC(C)(C)C)C[C@H](C)O1. The van der Waals surface area contributed by atoms with Crippen LogP contribution in [0.2, 0.25) is 0 Å². The smallest absolute Gasteiger partial charge is 0.0678 e. The fraction of sp³-hybridized carbons (Fsp3) is 1.00. The Morgan fingerprint density at radius 1 is 1.12 bits per heavy atom. The van der Waals surface area contributed by atoms with Gasteiger partial charge < -0.3 is 10.1 Å². The van der Waals surface area contributed by atoms with Crippen LogP contribution < -0.4 is 5.32 Å². The fourth-order valence-electron chi connectivity index (χ4n) is 2.39. The number of nitrogens with one attached hydrogen (secondary N) is 1. The lowest BCUT2D eigenvalue weighted by Gasteiger charge is -2.35. The molecule has 1 rings (SSSR count). The van der Waals surface area contributed by atoms with Gasteiger partial charge in [-0.15, -0.1) is 0 Å². The molecule has 0 saturated carbocycles. The first-order valence-electron chi connectivity index (χ1n) is 6.99. The molecule has 0 bridgehead atoms. The molecule has 1 saturated heterocycles. The van der Waals surface area contributed by atoms with E-state index < -0.39 is 0 Å². The molecule has 2 atom stereocenters. The normalized spacial score (nSPS) is 27.4. The number of rotatable bonds is 5. The fourth-order valence-corrected chi connectivity index (χ4v) is 2.39. The van der Waals surface area contributed by atoms with E-state index in [-0.39, 0.29) is 5.54 Å². The molecule has 1 aliphatic heterocycles. The molecular weight excluding hydrogens is 212 g/mol. The lowest BCUT2D eigenvalue weighted by atomic mass is 10.1. The molecule has 3 nitrogen and oxygen atoms in total. The molecule has 0 amide bonds. The van der Waals surface area contributed by atoms with Crippen molar-refractivity contribution in [2.45, 2.75) is 65.2 Å². The van der Waals surface area contributed by atoms with E-state index in [0.717, 1.165) is 19.6 Å². The van der Waals surface area contributed by atoms with Crippen molar-refractivity contribution in [1.29, 1.82) is 0 Å². The van der Waals surface area contributed by atoms with Crippen LogP contribution in [0.15, 0.2) is 0 Å². The van der Waals surface area contributed by atoms with Crippen molar-refractivity contribution in [3.8, 4) is 0 Å². The highest BCUT2D eigenvalue weighted by molar-refractivity contribution is 4.74. The van der Waals surface area contributed by atoms with E-state index in [1.165, 1.54) is 19.4 Å². The maximum absolute atomic E-state index is 5.73. The van der Waals surface area contributed by atoms with Gasteiger partial charge >= 0.3 is 0 Å². The van der Waals surface area contributed by atoms with Crippen LogP contribution in [0.5, 0.6) is 0 Å². The van der Waals surface area contributed by atoms with Crippen LogP contribution in [0.25, 0.3) is 0 Å². The minimum atomic E-state index is 0.252. The minimum Gasteiger partial charge on any atom is -0.373 e. The average Bonchev–Trinajstić information content (AvgIpc) is 2.13. The van der Waals surface area contributed by atoms with Gasteiger partial charge in [0, 0.05) is 18.6 Å². The van der Waals surface area contributed by atoms with Crippen molar-refractivity contribution in [1.82, 2.24) is 10.2 Å². The van der Waals surface area contributed by atoms with Crippen LogP contribution in [0.1, 0.15) is 47.5 Å². The summed E-state index contributed by atoms with van der Waals surface area (Å²) in [4.78, 5) is 2.54.